The van der Waals surface area contributed by atoms with E-state index in [0.29, 0.717) is 18.0 Å². The molecule has 0 unspecified atom stereocenters. The summed E-state index contributed by atoms with van der Waals surface area (Å²) >= 11 is 0. The van der Waals surface area contributed by atoms with Gasteiger partial charge in [-0.15, -0.1) is 0 Å². The van der Waals surface area contributed by atoms with Crippen LogP contribution in [-0.4, -0.2) is 28.0 Å². The molecule has 0 spiro atoms. The van der Waals surface area contributed by atoms with E-state index in [1.807, 2.05) is 0 Å². The van der Waals surface area contributed by atoms with Crippen molar-refractivity contribution in [2.75, 3.05) is 13.6 Å². The molecule has 0 saturated heterocycles. The van der Waals surface area contributed by atoms with Crippen LogP contribution in [0.15, 0.2) is 59.7 Å². The lowest BCUT2D eigenvalue weighted by molar-refractivity contribution is 0.299. The van der Waals surface area contributed by atoms with E-state index in [4.69, 9.17) is 4.74 Å². The van der Waals surface area contributed by atoms with Crippen molar-refractivity contribution in [3.8, 4) is 5.75 Å². The van der Waals surface area contributed by atoms with E-state index >= 15 is 0 Å². The molecule has 0 N–H and O–H groups in total. The van der Waals surface area contributed by atoms with Gasteiger partial charge in [0.15, 0.2) is 0 Å². The van der Waals surface area contributed by atoms with E-state index in [-0.39, 0.29) is 18.0 Å². The summed E-state index contributed by atoms with van der Waals surface area (Å²) in [7, 11) is 2.15. The fourth-order valence-corrected chi connectivity index (χ4v) is 3.57. The van der Waals surface area contributed by atoms with Gasteiger partial charge in [-0.05, 0) is 54.8 Å². The van der Waals surface area contributed by atoms with Gasteiger partial charge in [0.2, 0.25) is 0 Å². The Hall–Kier alpha value is -2.99. The van der Waals surface area contributed by atoms with Crippen LogP contribution in [0, 0.1) is 5.82 Å². The second-order valence-corrected chi connectivity index (χ2v) is 7.49. The van der Waals surface area contributed by atoms with E-state index < -0.39 is 0 Å². The number of fused-ring (bicyclic) bond motifs is 1. The second-order valence-electron chi connectivity index (χ2n) is 7.49. The molecule has 150 valence electrons. The van der Waals surface area contributed by atoms with Crippen LogP contribution < -0.4 is 10.3 Å². The van der Waals surface area contributed by atoms with Gasteiger partial charge in [-0.1, -0.05) is 18.2 Å². The maximum absolute atomic E-state index is 12.9. The molecule has 1 aromatic carbocycles. The fourth-order valence-electron chi connectivity index (χ4n) is 3.57. The normalized spacial score (nSPS) is 13.9. The monoisotopic (exact) mass is 393 g/mol. The number of hydrogen-bond donors (Lipinski definition) is 0. The molecular weight excluding hydrogens is 369 g/mol. The summed E-state index contributed by atoms with van der Waals surface area (Å²) in [5, 5.41) is 0. The number of benzene rings is 1. The molecule has 0 saturated carbocycles. The van der Waals surface area contributed by atoms with E-state index in [1.165, 1.54) is 28.8 Å². The van der Waals surface area contributed by atoms with Gasteiger partial charge in [0.05, 0.1) is 11.9 Å². The maximum Gasteiger partial charge on any atom is 0.254 e. The summed E-state index contributed by atoms with van der Waals surface area (Å²) in [6, 6.07) is 12.8. The lowest BCUT2D eigenvalue weighted by Gasteiger charge is -2.25. The zero-order chi connectivity index (χ0) is 20.2. The Morgan fingerprint density at radius 1 is 1.14 bits per heavy atom. The number of ether oxygens (including phenoxy) is 1. The minimum atomic E-state index is -0.386. The number of aryl methyl sites for hydroxylation is 2. The van der Waals surface area contributed by atoms with E-state index in [1.54, 1.807) is 22.9 Å². The number of halogens is 1. The Morgan fingerprint density at radius 3 is 2.83 bits per heavy atom. The Morgan fingerprint density at radius 2 is 2.03 bits per heavy atom. The van der Waals surface area contributed by atoms with Crippen molar-refractivity contribution in [1.82, 2.24) is 14.5 Å². The first-order chi connectivity index (χ1) is 14.1. The standard InChI is InChI=1S/C23H24FN3O2/c1-26-9-7-18-12-17(2-3-19(18)15-26)6-10-27-11-8-22(13-23(27)28)29-16-21-5-4-20(24)14-25-21/h2-5,8,11-14H,6-7,9-10,15-16H2,1H3. The average Bonchev–Trinajstić information content (AvgIpc) is 2.72. The van der Waals surface area contributed by atoms with Gasteiger partial charge < -0.3 is 14.2 Å². The molecule has 0 atom stereocenters. The van der Waals surface area contributed by atoms with Gasteiger partial charge in [-0.3, -0.25) is 9.78 Å². The zero-order valence-electron chi connectivity index (χ0n) is 16.5. The molecular formula is C23H24FN3O2. The first-order valence-electron chi connectivity index (χ1n) is 9.80. The van der Waals surface area contributed by atoms with Crippen molar-refractivity contribution >= 4 is 0 Å². The molecule has 2 aromatic heterocycles. The number of aromatic nitrogens is 2. The number of hydrogen-bond acceptors (Lipinski definition) is 4. The molecule has 3 heterocycles. The van der Waals surface area contributed by atoms with Crippen LogP contribution in [0.1, 0.15) is 22.4 Å². The molecule has 1 aliphatic heterocycles. The van der Waals surface area contributed by atoms with E-state index in [0.717, 1.165) is 32.1 Å². The molecule has 6 heteroatoms. The van der Waals surface area contributed by atoms with Crippen molar-refractivity contribution in [2.45, 2.75) is 32.5 Å². The molecule has 0 bridgehead atoms. The first kappa shape index (κ1) is 19.3. The minimum absolute atomic E-state index is 0.103. The predicted molar refractivity (Wildman–Crippen MR) is 109 cm³/mol. The molecule has 3 aromatic rings. The van der Waals surface area contributed by atoms with Crippen LogP contribution in [0.4, 0.5) is 4.39 Å². The third-order valence-corrected chi connectivity index (χ3v) is 5.26. The molecule has 0 aliphatic carbocycles. The predicted octanol–water partition coefficient (Wildman–Crippen LogP) is 3.19. The Balaban J connectivity index is 1.36. The van der Waals surface area contributed by atoms with Crippen LogP contribution in [0.5, 0.6) is 5.75 Å². The summed E-state index contributed by atoms with van der Waals surface area (Å²) in [5.74, 6) is 0.0953. The molecule has 0 amide bonds. The Bertz CT molecular complexity index is 1050. The first-order valence-corrected chi connectivity index (χ1v) is 9.80. The molecule has 29 heavy (non-hydrogen) atoms. The number of rotatable bonds is 6. The summed E-state index contributed by atoms with van der Waals surface area (Å²) in [4.78, 5) is 18.7. The summed E-state index contributed by atoms with van der Waals surface area (Å²) < 4.78 is 20.2. The number of pyridine rings is 2. The largest absolute Gasteiger partial charge is 0.487 e. The highest BCUT2D eigenvalue weighted by Crippen LogP contribution is 2.20. The average molecular weight is 393 g/mol. The lowest BCUT2D eigenvalue weighted by Crippen LogP contribution is -2.26. The van der Waals surface area contributed by atoms with Crippen LogP contribution in [0.2, 0.25) is 0 Å². The van der Waals surface area contributed by atoms with Crippen molar-refractivity contribution in [2.24, 2.45) is 0 Å². The second kappa shape index (κ2) is 8.57. The summed E-state index contributed by atoms with van der Waals surface area (Å²) in [6.45, 7) is 2.90. The third kappa shape index (κ3) is 4.90. The van der Waals surface area contributed by atoms with E-state index in [2.05, 4.69) is 35.1 Å². The SMILES string of the molecule is CN1CCc2cc(CCn3ccc(OCc4ccc(F)cn4)cc3=O)ccc2C1. The molecule has 1 aliphatic rings. The number of likely N-dealkylation sites (N-methyl/N-ethyl adjacent to an activating group) is 1. The smallest absolute Gasteiger partial charge is 0.254 e. The van der Waals surface area contributed by atoms with Crippen molar-refractivity contribution in [3.05, 3.63) is 93.4 Å². The number of nitrogens with zero attached hydrogens (tertiary/aromatic N) is 3. The van der Waals surface area contributed by atoms with Crippen molar-refractivity contribution < 1.29 is 9.13 Å². The van der Waals surface area contributed by atoms with Crippen molar-refractivity contribution in [3.63, 3.8) is 0 Å². The highest BCUT2D eigenvalue weighted by atomic mass is 19.1. The quantitative estimate of drug-likeness (QED) is 0.645. The lowest BCUT2D eigenvalue weighted by atomic mass is 9.96. The highest BCUT2D eigenvalue weighted by molar-refractivity contribution is 5.34. The molecule has 0 fully saturated rings. The highest BCUT2D eigenvalue weighted by Gasteiger charge is 2.13. The van der Waals surface area contributed by atoms with E-state index in [9.17, 15) is 9.18 Å². The van der Waals surface area contributed by atoms with Crippen LogP contribution in [0.3, 0.4) is 0 Å². The fraction of sp³-hybridized carbons (Fsp3) is 0.304. The van der Waals surface area contributed by atoms with Gasteiger partial charge in [-0.2, -0.15) is 0 Å². The molecule has 4 rings (SSSR count). The van der Waals surface area contributed by atoms with Gasteiger partial charge in [-0.25, -0.2) is 4.39 Å². The zero-order valence-corrected chi connectivity index (χ0v) is 16.5. The van der Waals surface area contributed by atoms with Gasteiger partial charge in [0.1, 0.15) is 18.2 Å². The summed E-state index contributed by atoms with van der Waals surface area (Å²) in [5.41, 5.74) is 4.58. The minimum Gasteiger partial charge on any atom is -0.487 e. The topological polar surface area (TPSA) is 47.4 Å². The molecule has 0 radical (unpaired) electrons. The van der Waals surface area contributed by atoms with Gasteiger partial charge in [0, 0.05) is 31.9 Å². The van der Waals surface area contributed by atoms with Crippen molar-refractivity contribution in [1.29, 1.82) is 0 Å². The Kier molecular flexibility index (Phi) is 5.71. The van der Waals surface area contributed by atoms with Crippen LogP contribution in [0.25, 0.3) is 0 Å². The Labute approximate surface area is 169 Å². The van der Waals surface area contributed by atoms with Crippen LogP contribution >= 0.6 is 0 Å². The molecule has 5 nitrogen and oxygen atoms in total. The van der Waals surface area contributed by atoms with Gasteiger partial charge in [0.25, 0.3) is 5.56 Å². The summed E-state index contributed by atoms with van der Waals surface area (Å²) in [6.07, 6.45) is 4.79. The maximum atomic E-state index is 12.9. The van der Waals surface area contributed by atoms with Crippen LogP contribution in [-0.2, 0) is 32.5 Å². The van der Waals surface area contributed by atoms with Gasteiger partial charge >= 0.3 is 0 Å². The third-order valence-electron chi connectivity index (χ3n) is 5.26.